The minimum atomic E-state index is -3.69. The number of allylic oxidation sites excluding steroid dienone is 3. The third-order valence-electron chi connectivity index (χ3n) is 5.76. The highest BCUT2D eigenvalue weighted by molar-refractivity contribution is 7.60. The number of hydrogen-bond acceptors (Lipinski definition) is 5. The molecule has 0 heterocycles. The third-order valence-corrected chi connectivity index (χ3v) is 7.80. The second-order valence-corrected chi connectivity index (χ2v) is 12.4. The van der Waals surface area contributed by atoms with Gasteiger partial charge in [0.05, 0.1) is 0 Å². The van der Waals surface area contributed by atoms with Gasteiger partial charge in [0.2, 0.25) is 0 Å². The Labute approximate surface area is 187 Å². The summed E-state index contributed by atoms with van der Waals surface area (Å²) in [6.07, 6.45) is 6.31. The monoisotopic (exact) mass is 448 g/mol. The van der Waals surface area contributed by atoms with Gasteiger partial charge >= 0.3 is 7.60 Å². The Balaban J connectivity index is 2.58. The number of rotatable bonds is 6. The summed E-state index contributed by atoms with van der Waals surface area (Å²) in [6.45, 7) is 12.5. The van der Waals surface area contributed by atoms with Crippen LogP contribution in [-0.2, 0) is 29.2 Å². The summed E-state index contributed by atoms with van der Waals surface area (Å²) < 4.78 is 23.4. The smallest absolute Gasteiger partial charge is 0.364 e. The van der Waals surface area contributed by atoms with Gasteiger partial charge in [-0.05, 0) is 60.3 Å². The third kappa shape index (κ3) is 5.77. The standard InChI is InChI=1S/C25H37O5P/c1-24(2,3)19-15-18(22(27)20(16-19)25(4,5)6)13-14-21(26)23(17-11-9-10-12-17)31(28,29-7)30-8/h13-16,27H,9-12H2,1-8H3/b14-13+. The quantitative estimate of drug-likeness (QED) is 0.379. The second-order valence-electron chi connectivity index (χ2n) is 10.2. The van der Waals surface area contributed by atoms with Gasteiger partial charge in [0.25, 0.3) is 0 Å². The minimum Gasteiger partial charge on any atom is -0.507 e. The summed E-state index contributed by atoms with van der Waals surface area (Å²) in [5.74, 6) is -0.247. The molecule has 2 rings (SSSR count). The zero-order chi connectivity index (χ0) is 23.6. The van der Waals surface area contributed by atoms with Crippen LogP contribution >= 0.6 is 7.60 Å². The van der Waals surface area contributed by atoms with Gasteiger partial charge in [-0.1, -0.05) is 53.2 Å². The zero-order valence-corrected chi connectivity index (χ0v) is 21.1. The molecular formula is C25H37O5P. The van der Waals surface area contributed by atoms with E-state index in [4.69, 9.17) is 9.05 Å². The fourth-order valence-electron chi connectivity index (χ4n) is 3.83. The molecule has 1 aromatic rings. The van der Waals surface area contributed by atoms with Crippen molar-refractivity contribution in [3.8, 4) is 5.75 Å². The van der Waals surface area contributed by atoms with E-state index < -0.39 is 13.4 Å². The molecule has 0 bridgehead atoms. The average Bonchev–Trinajstić information content (AvgIpc) is 3.19. The van der Waals surface area contributed by atoms with Crippen LogP contribution in [0.2, 0.25) is 0 Å². The molecule has 1 aliphatic rings. The Morgan fingerprint density at radius 3 is 2.00 bits per heavy atom. The maximum Gasteiger partial charge on any atom is 0.364 e. The van der Waals surface area contributed by atoms with Gasteiger partial charge in [-0.25, -0.2) is 0 Å². The number of phenolic OH excluding ortho intramolecular Hbond substituents is 1. The van der Waals surface area contributed by atoms with Crippen LogP contribution in [0.4, 0.5) is 0 Å². The summed E-state index contributed by atoms with van der Waals surface area (Å²) in [6, 6.07) is 3.94. The van der Waals surface area contributed by atoms with Gasteiger partial charge in [0.15, 0.2) is 5.78 Å². The number of hydrogen-bond donors (Lipinski definition) is 1. The second kappa shape index (κ2) is 9.44. The molecule has 5 nitrogen and oxygen atoms in total. The predicted octanol–water partition coefficient (Wildman–Crippen LogP) is 6.88. The molecule has 0 radical (unpaired) electrons. The number of ketones is 1. The van der Waals surface area contributed by atoms with Gasteiger partial charge in [0.1, 0.15) is 11.1 Å². The molecule has 0 unspecified atom stereocenters. The summed E-state index contributed by atoms with van der Waals surface area (Å²) in [4.78, 5) is 13.2. The number of aromatic hydroxyl groups is 1. The van der Waals surface area contributed by atoms with Crippen LogP contribution in [0.15, 0.2) is 29.1 Å². The molecule has 0 amide bonds. The maximum atomic E-state index is 13.2. The molecule has 0 atom stereocenters. The normalized spacial score (nSPS) is 15.7. The van der Waals surface area contributed by atoms with Crippen molar-refractivity contribution < 1.29 is 23.5 Å². The molecule has 0 spiro atoms. The van der Waals surface area contributed by atoms with E-state index in [0.29, 0.717) is 18.4 Å². The Morgan fingerprint density at radius 1 is 1.00 bits per heavy atom. The van der Waals surface area contributed by atoms with Crippen LogP contribution < -0.4 is 0 Å². The van der Waals surface area contributed by atoms with Crippen molar-refractivity contribution in [1.82, 2.24) is 0 Å². The summed E-state index contributed by atoms with van der Waals surface area (Å²) in [5.41, 5.74) is 2.89. The fraction of sp³-hybridized carbons (Fsp3) is 0.560. The van der Waals surface area contributed by atoms with Gasteiger partial charge in [-0.15, -0.1) is 0 Å². The van der Waals surface area contributed by atoms with Crippen LogP contribution in [-0.4, -0.2) is 25.1 Å². The van der Waals surface area contributed by atoms with Crippen molar-refractivity contribution in [3.05, 3.63) is 45.8 Å². The van der Waals surface area contributed by atoms with Crippen LogP contribution in [0.1, 0.15) is 83.9 Å². The molecule has 1 aromatic carbocycles. The maximum absolute atomic E-state index is 13.2. The van der Waals surface area contributed by atoms with Crippen molar-refractivity contribution >= 4 is 19.5 Å². The largest absolute Gasteiger partial charge is 0.507 e. The lowest BCUT2D eigenvalue weighted by Gasteiger charge is -2.27. The zero-order valence-electron chi connectivity index (χ0n) is 20.2. The van der Waals surface area contributed by atoms with E-state index in [1.165, 1.54) is 20.3 Å². The first-order valence-corrected chi connectivity index (χ1v) is 12.3. The summed E-state index contributed by atoms with van der Waals surface area (Å²) >= 11 is 0. The van der Waals surface area contributed by atoms with E-state index in [9.17, 15) is 14.5 Å². The van der Waals surface area contributed by atoms with Gasteiger partial charge in [-0.2, -0.15) is 0 Å². The molecule has 0 aliphatic heterocycles. The molecule has 172 valence electrons. The number of benzene rings is 1. The van der Waals surface area contributed by atoms with Crippen molar-refractivity contribution in [2.45, 2.75) is 78.1 Å². The number of carbonyl (C=O) groups excluding carboxylic acids is 1. The Kier molecular flexibility index (Phi) is 7.79. The minimum absolute atomic E-state index is 0.126. The SMILES string of the molecule is COP(=O)(OC)C(C(=O)/C=C/c1cc(C(C)(C)C)cc(C(C)(C)C)c1O)=C1CCCC1. The van der Waals surface area contributed by atoms with Crippen LogP contribution in [0.5, 0.6) is 5.75 Å². The van der Waals surface area contributed by atoms with Gasteiger partial charge < -0.3 is 14.2 Å². The first-order chi connectivity index (χ1) is 14.2. The Bertz CT molecular complexity index is 926. The highest BCUT2D eigenvalue weighted by atomic mass is 31.2. The lowest BCUT2D eigenvalue weighted by Crippen LogP contribution is -2.17. The molecule has 0 saturated heterocycles. The van der Waals surface area contributed by atoms with Crippen molar-refractivity contribution in [1.29, 1.82) is 0 Å². The lowest BCUT2D eigenvalue weighted by molar-refractivity contribution is -0.110. The average molecular weight is 449 g/mol. The van der Waals surface area contributed by atoms with Crippen molar-refractivity contribution in [3.63, 3.8) is 0 Å². The lowest BCUT2D eigenvalue weighted by atomic mass is 9.79. The highest BCUT2D eigenvalue weighted by Gasteiger charge is 2.35. The van der Waals surface area contributed by atoms with E-state index in [1.807, 2.05) is 32.9 Å². The molecule has 1 N–H and O–H groups in total. The molecule has 31 heavy (non-hydrogen) atoms. The van der Waals surface area contributed by atoms with E-state index in [1.54, 1.807) is 6.08 Å². The predicted molar refractivity (Wildman–Crippen MR) is 127 cm³/mol. The van der Waals surface area contributed by atoms with Crippen LogP contribution in [0.3, 0.4) is 0 Å². The molecule has 1 fully saturated rings. The topological polar surface area (TPSA) is 72.8 Å². The van der Waals surface area contributed by atoms with E-state index in [-0.39, 0.29) is 21.9 Å². The number of carbonyl (C=O) groups is 1. The molecule has 0 aromatic heterocycles. The van der Waals surface area contributed by atoms with Crippen LogP contribution in [0, 0.1) is 0 Å². The molecule has 1 aliphatic carbocycles. The van der Waals surface area contributed by atoms with Crippen molar-refractivity contribution in [2.24, 2.45) is 0 Å². The highest BCUT2D eigenvalue weighted by Crippen LogP contribution is 2.58. The summed E-state index contributed by atoms with van der Waals surface area (Å²) in [7, 11) is -1.09. The van der Waals surface area contributed by atoms with E-state index in [0.717, 1.165) is 29.5 Å². The van der Waals surface area contributed by atoms with E-state index >= 15 is 0 Å². The summed E-state index contributed by atoms with van der Waals surface area (Å²) in [5, 5.41) is 11.1. The molecular weight excluding hydrogens is 411 g/mol. The van der Waals surface area contributed by atoms with Gasteiger partial charge in [-0.3, -0.25) is 9.36 Å². The van der Waals surface area contributed by atoms with Crippen LogP contribution in [0.25, 0.3) is 6.08 Å². The Hall–Kier alpha value is -1.68. The first kappa shape index (κ1) is 25.6. The molecule has 1 saturated carbocycles. The Morgan fingerprint density at radius 2 is 1.55 bits per heavy atom. The fourth-order valence-corrected chi connectivity index (χ4v) is 5.30. The van der Waals surface area contributed by atoms with E-state index in [2.05, 4.69) is 20.8 Å². The van der Waals surface area contributed by atoms with Gasteiger partial charge in [0, 0.05) is 25.3 Å². The molecule has 6 heteroatoms. The number of phenols is 1. The van der Waals surface area contributed by atoms with Crippen molar-refractivity contribution in [2.75, 3.05) is 14.2 Å². The first-order valence-electron chi connectivity index (χ1n) is 10.8.